The summed E-state index contributed by atoms with van der Waals surface area (Å²) in [5.74, 6) is 0.540. The largest absolute Gasteiger partial charge is 0.416 e. The molecule has 4 aromatic rings. The number of aromatic nitrogens is 3. The van der Waals surface area contributed by atoms with E-state index in [9.17, 15) is 22.8 Å². The van der Waals surface area contributed by atoms with Crippen molar-refractivity contribution in [2.45, 2.75) is 38.0 Å². The first-order valence-electron chi connectivity index (χ1n) is 10.7. The van der Waals surface area contributed by atoms with E-state index in [-0.39, 0.29) is 30.5 Å². The molecule has 0 radical (unpaired) electrons. The SMILES string of the molecule is O=C(Cn1c(=O)cc(-c2nc(C3CC3)no2)c2ccccc21)NCc1ccccc1C(F)(F)F. The van der Waals surface area contributed by atoms with Crippen LogP contribution in [0.25, 0.3) is 22.4 Å². The van der Waals surface area contributed by atoms with Crippen LogP contribution in [-0.4, -0.2) is 20.6 Å². The third-order valence-corrected chi connectivity index (χ3v) is 5.73. The van der Waals surface area contributed by atoms with Gasteiger partial charge in [0.15, 0.2) is 5.82 Å². The molecule has 1 N–H and O–H groups in total. The van der Waals surface area contributed by atoms with Gasteiger partial charge >= 0.3 is 6.18 Å². The van der Waals surface area contributed by atoms with E-state index in [1.54, 1.807) is 24.3 Å². The molecule has 10 heteroatoms. The van der Waals surface area contributed by atoms with E-state index < -0.39 is 23.2 Å². The lowest BCUT2D eigenvalue weighted by Gasteiger charge is -2.15. The molecule has 174 valence electrons. The second kappa shape index (κ2) is 8.44. The van der Waals surface area contributed by atoms with Crippen LogP contribution in [0.1, 0.15) is 35.7 Å². The number of nitrogens with zero attached hydrogens (tertiary/aromatic N) is 3. The average molecular weight is 468 g/mol. The highest BCUT2D eigenvalue weighted by Gasteiger charge is 2.33. The molecule has 2 heterocycles. The minimum atomic E-state index is -4.53. The normalized spacial score (nSPS) is 13.9. The van der Waals surface area contributed by atoms with Crippen molar-refractivity contribution in [1.82, 2.24) is 20.0 Å². The Kier molecular flexibility index (Phi) is 5.43. The van der Waals surface area contributed by atoms with E-state index in [2.05, 4.69) is 15.5 Å². The predicted molar refractivity (Wildman–Crippen MR) is 117 cm³/mol. The Balaban J connectivity index is 1.41. The molecule has 1 saturated carbocycles. The number of rotatable bonds is 6. The van der Waals surface area contributed by atoms with E-state index in [0.29, 0.717) is 22.3 Å². The first-order valence-corrected chi connectivity index (χ1v) is 10.7. The summed E-state index contributed by atoms with van der Waals surface area (Å²) in [6.07, 6.45) is -2.52. The molecule has 2 aromatic carbocycles. The van der Waals surface area contributed by atoms with Gasteiger partial charge in [-0.25, -0.2) is 0 Å². The third kappa shape index (κ3) is 4.30. The van der Waals surface area contributed by atoms with E-state index >= 15 is 0 Å². The lowest BCUT2D eigenvalue weighted by Crippen LogP contribution is -2.32. The summed E-state index contributed by atoms with van der Waals surface area (Å²) in [5.41, 5.74) is -0.394. The van der Waals surface area contributed by atoms with Gasteiger partial charge in [0, 0.05) is 23.9 Å². The molecule has 0 unspecified atom stereocenters. The fourth-order valence-corrected chi connectivity index (χ4v) is 3.87. The van der Waals surface area contributed by atoms with Gasteiger partial charge in [0.05, 0.1) is 16.6 Å². The number of hydrogen-bond donors (Lipinski definition) is 1. The first-order chi connectivity index (χ1) is 16.3. The van der Waals surface area contributed by atoms with Crippen LogP contribution in [0, 0.1) is 0 Å². The van der Waals surface area contributed by atoms with Crippen LogP contribution in [0.5, 0.6) is 0 Å². The molecular weight excluding hydrogens is 449 g/mol. The Hall–Kier alpha value is -3.95. The average Bonchev–Trinajstić information content (AvgIpc) is 3.55. The topological polar surface area (TPSA) is 90.0 Å². The van der Waals surface area contributed by atoms with Crippen molar-refractivity contribution in [2.75, 3.05) is 0 Å². The number of carbonyl (C=O) groups is 1. The molecule has 1 amide bonds. The molecule has 1 aliphatic rings. The number of nitrogens with one attached hydrogen (secondary N) is 1. The number of alkyl halides is 3. The Bertz CT molecular complexity index is 1440. The summed E-state index contributed by atoms with van der Waals surface area (Å²) in [7, 11) is 0. The van der Waals surface area contributed by atoms with Crippen molar-refractivity contribution in [1.29, 1.82) is 0 Å². The molecule has 34 heavy (non-hydrogen) atoms. The predicted octanol–water partition coefficient (Wildman–Crippen LogP) is 4.26. The van der Waals surface area contributed by atoms with Gasteiger partial charge in [-0.05, 0) is 30.5 Å². The van der Waals surface area contributed by atoms with Gasteiger partial charge in [0.25, 0.3) is 11.4 Å². The molecule has 0 atom stereocenters. The van der Waals surface area contributed by atoms with Crippen molar-refractivity contribution >= 4 is 16.8 Å². The first kappa shape index (κ1) is 21.9. The van der Waals surface area contributed by atoms with Crippen LogP contribution < -0.4 is 10.9 Å². The molecule has 0 saturated heterocycles. The summed E-state index contributed by atoms with van der Waals surface area (Å²) in [5, 5.41) is 7.12. The lowest BCUT2D eigenvalue weighted by molar-refractivity contribution is -0.138. The van der Waals surface area contributed by atoms with Gasteiger partial charge in [-0.3, -0.25) is 14.2 Å². The zero-order valence-corrected chi connectivity index (χ0v) is 17.8. The second-order valence-electron chi connectivity index (χ2n) is 8.16. The van der Waals surface area contributed by atoms with Crippen molar-refractivity contribution in [3.63, 3.8) is 0 Å². The highest BCUT2D eigenvalue weighted by atomic mass is 19.4. The Morgan fingerprint density at radius 2 is 1.85 bits per heavy atom. The maximum Gasteiger partial charge on any atom is 0.416 e. The van der Waals surface area contributed by atoms with Crippen LogP contribution in [0.3, 0.4) is 0 Å². The van der Waals surface area contributed by atoms with Gasteiger partial charge in [0.1, 0.15) is 6.54 Å². The number of amides is 1. The second-order valence-corrected chi connectivity index (χ2v) is 8.16. The molecule has 0 spiro atoms. The molecule has 0 aliphatic heterocycles. The number of halogens is 3. The highest BCUT2D eigenvalue weighted by Crippen LogP contribution is 2.39. The number of pyridine rings is 1. The Morgan fingerprint density at radius 3 is 2.62 bits per heavy atom. The van der Waals surface area contributed by atoms with Gasteiger partial charge in [-0.1, -0.05) is 41.6 Å². The Morgan fingerprint density at radius 1 is 1.12 bits per heavy atom. The number of benzene rings is 2. The molecule has 5 rings (SSSR count). The number of carbonyl (C=O) groups excluding carboxylic acids is 1. The Labute approximate surface area is 191 Å². The minimum Gasteiger partial charge on any atom is -0.350 e. The summed E-state index contributed by atoms with van der Waals surface area (Å²) in [4.78, 5) is 29.9. The van der Waals surface area contributed by atoms with Crippen LogP contribution in [0.4, 0.5) is 13.2 Å². The van der Waals surface area contributed by atoms with Crippen molar-refractivity contribution in [3.05, 3.63) is 81.9 Å². The van der Waals surface area contributed by atoms with Crippen LogP contribution in [-0.2, 0) is 24.1 Å². The minimum absolute atomic E-state index is 0.0567. The zero-order chi connectivity index (χ0) is 23.9. The number of para-hydroxylation sites is 1. The van der Waals surface area contributed by atoms with Gasteiger partial charge < -0.3 is 9.84 Å². The van der Waals surface area contributed by atoms with E-state index in [0.717, 1.165) is 18.9 Å². The summed E-state index contributed by atoms with van der Waals surface area (Å²) < 4.78 is 46.2. The maximum absolute atomic E-state index is 13.2. The maximum atomic E-state index is 13.2. The number of fused-ring (bicyclic) bond motifs is 1. The standard InChI is InChI=1S/C24H19F3N4O3/c25-24(26,27)18-7-3-1-5-15(18)12-28-20(32)13-31-19-8-4-2-6-16(19)17(11-21(31)33)23-29-22(30-34-23)14-9-10-14/h1-8,11,14H,9-10,12-13H2,(H,28,32). The zero-order valence-electron chi connectivity index (χ0n) is 17.8. The van der Waals surface area contributed by atoms with E-state index in [4.69, 9.17) is 4.52 Å². The van der Waals surface area contributed by atoms with Gasteiger partial charge in [-0.2, -0.15) is 18.2 Å². The van der Waals surface area contributed by atoms with Crippen LogP contribution >= 0.6 is 0 Å². The summed E-state index contributed by atoms with van der Waals surface area (Å²) in [6.45, 7) is -0.670. The summed E-state index contributed by atoms with van der Waals surface area (Å²) in [6, 6.07) is 13.3. The molecule has 1 fully saturated rings. The smallest absolute Gasteiger partial charge is 0.350 e. The number of hydrogen-bond acceptors (Lipinski definition) is 5. The lowest BCUT2D eigenvalue weighted by atomic mass is 10.1. The fourth-order valence-electron chi connectivity index (χ4n) is 3.87. The van der Waals surface area contributed by atoms with Crippen molar-refractivity contribution < 1.29 is 22.5 Å². The van der Waals surface area contributed by atoms with Crippen LogP contribution in [0.15, 0.2) is 63.9 Å². The van der Waals surface area contributed by atoms with Gasteiger partial charge in [0.2, 0.25) is 5.91 Å². The van der Waals surface area contributed by atoms with E-state index in [1.165, 1.54) is 28.8 Å². The molecule has 2 aromatic heterocycles. The quantitative estimate of drug-likeness (QED) is 0.457. The fraction of sp³-hybridized carbons (Fsp3) is 0.250. The third-order valence-electron chi connectivity index (χ3n) is 5.73. The molecule has 1 aliphatic carbocycles. The van der Waals surface area contributed by atoms with Crippen LogP contribution in [0.2, 0.25) is 0 Å². The monoisotopic (exact) mass is 468 g/mol. The van der Waals surface area contributed by atoms with E-state index in [1.807, 2.05) is 0 Å². The van der Waals surface area contributed by atoms with Gasteiger partial charge in [-0.15, -0.1) is 0 Å². The summed E-state index contributed by atoms with van der Waals surface area (Å²) >= 11 is 0. The molecule has 0 bridgehead atoms. The van der Waals surface area contributed by atoms with Crippen molar-refractivity contribution in [3.8, 4) is 11.5 Å². The highest BCUT2D eigenvalue weighted by molar-refractivity contribution is 5.93. The van der Waals surface area contributed by atoms with Crippen molar-refractivity contribution in [2.24, 2.45) is 0 Å². The molecular formula is C24H19F3N4O3. The molecule has 7 nitrogen and oxygen atoms in total.